The van der Waals surface area contributed by atoms with Crippen molar-refractivity contribution in [2.45, 2.75) is 26.4 Å². The summed E-state index contributed by atoms with van der Waals surface area (Å²) in [5, 5.41) is 7.90. The standard InChI is InChI=1S/C4H10O2.Ru/c1-4(2,3)6-5;/h5H,1-3H3;. The molecule has 0 unspecified atom stereocenters. The van der Waals surface area contributed by atoms with Crippen LogP contribution in [0.25, 0.3) is 0 Å². The molecule has 7 heavy (non-hydrogen) atoms. The topological polar surface area (TPSA) is 29.5 Å². The molecule has 1 N–H and O–H groups in total. The summed E-state index contributed by atoms with van der Waals surface area (Å²) < 4.78 is 0. The van der Waals surface area contributed by atoms with Crippen molar-refractivity contribution in [2.24, 2.45) is 0 Å². The molecule has 0 aromatic rings. The number of hydrogen-bond donors (Lipinski definition) is 1. The van der Waals surface area contributed by atoms with Crippen LogP contribution in [0.4, 0.5) is 0 Å². The van der Waals surface area contributed by atoms with Gasteiger partial charge in [-0.25, -0.2) is 4.89 Å². The molecule has 0 amide bonds. The normalized spacial score (nSPS) is 10.3. The van der Waals surface area contributed by atoms with Gasteiger partial charge in [-0.3, -0.25) is 5.26 Å². The Morgan fingerprint density at radius 2 is 1.43 bits per heavy atom. The Balaban J connectivity index is 0. The molecule has 0 radical (unpaired) electrons. The third-order valence-corrected chi connectivity index (χ3v) is 0.274. The molecular weight excluding hydrogens is 181 g/mol. The van der Waals surface area contributed by atoms with Crippen LogP contribution in [0.1, 0.15) is 20.8 Å². The van der Waals surface area contributed by atoms with Crippen LogP contribution < -0.4 is 0 Å². The van der Waals surface area contributed by atoms with Crippen LogP contribution in [0, 0.1) is 0 Å². The Morgan fingerprint density at radius 3 is 1.43 bits per heavy atom. The van der Waals surface area contributed by atoms with Crippen molar-refractivity contribution in [3.63, 3.8) is 0 Å². The van der Waals surface area contributed by atoms with E-state index in [0.29, 0.717) is 0 Å². The third kappa shape index (κ3) is 10.8. The van der Waals surface area contributed by atoms with Crippen molar-refractivity contribution in [1.82, 2.24) is 0 Å². The first-order chi connectivity index (χ1) is 2.56. The summed E-state index contributed by atoms with van der Waals surface area (Å²) in [7, 11) is 0. The molecule has 0 heterocycles. The van der Waals surface area contributed by atoms with E-state index in [0.717, 1.165) is 0 Å². The van der Waals surface area contributed by atoms with E-state index < -0.39 is 5.60 Å². The minimum absolute atomic E-state index is 0. The molecule has 0 saturated heterocycles. The molecule has 0 rings (SSSR count). The van der Waals surface area contributed by atoms with Crippen LogP contribution >= 0.6 is 0 Å². The van der Waals surface area contributed by atoms with Crippen LogP contribution in [-0.4, -0.2) is 10.9 Å². The van der Waals surface area contributed by atoms with Gasteiger partial charge < -0.3 is 0 Å². The van der Waals surface area contributed by atoms with Crippen molar-refractivity contribution < 1.29 is 29.6 Å². The Hall–Kier alpha value is 0.543. The molecule has 0 aliphatic heterocycles. The van der Waals surface area contributed by atoms with E-state index in [2.05, 4.69) is 4.89 Å². The summed E-state index contributed by atoms with van der Waals surface area (Å²) in [6.45, 7) is 5.31. The maximum Gasteiger partial charge on any atom is 0.0949 e. The smallest absolute Gasteiger partial charge is 0.0949 e. The molecule has 0 bridgehead atoms. The molecule has 0 aromatic heterocycles. The molecule has 0 spiro atoms. The van der Waals surface area contributed by atoms with Crippen LogP contribution in [0.3, 0.4) is 0 Å². The quantitative estimate of drug-likeness (QED) is 0.355. The van der Waals surface area contributed by atoms with Crippen molar-refractivity contribution in [3.05, 3.63) is 0 Å². The zero-order valence-corrected chi connectivity index (χ0v) is 6.45. The third-order valence-electron chi connectivity index (χ3n) is 0.274. The summed E-state index contributed by atoms with van der Waals surface area (Å²) in [4.78, 5) is 3.94. The van der Waals surface area contributed by atoms with Crippen LogP contribution in [0.2, 0.25) is 0 Å². The van der Waals surface area contributed by atoms with E-state index in [-0.39, 0.29) is 19.5 Å². The van der Waals surface area contributed by atoms with Crippen LogP contribution in [0.5, 0.6) is 0 Å². The fraction of sp³-hybridized carbons (Fsp3) is 1.00. The maximum atomic E-state index is 7.90. The van der Waals surface area contributed by atoms with Crippen molar-refractivity contribution in [2.75, 3.05) is 0 Å². The summed E-state index contributed by atoms with van der Waals surface area (Å²) in [6.07, 6.45) is 0. The minimum Gasteiger partial charge on any atom is -0.251 e. The first-order valence-electron chi connectivity index (χ1n) is 1.89. The van der Waals surface area contributed by atoms with Crippen molar-refractivity contribution in [1.29, 1.82) is 0 Å². The minimum atomic E-state index is -0.403. The van der Waals surface area contributed by atoms with E-state index >= 15 is 0 Å². The predicted octanol–water partition coefficient (Wildman–Crippen LogP) is 1.27. The van der Waals surface area contributed by atoms with Gasteiger partial charge in [0.05, 0.1) is 5.60 Å². The Kier molecular flexibility index (Phi) is 5.31. The zero-order chi connectivity index (χ0) is 5.21. The second-order valence-corrected chi connectivity index (χ2v) is 2.20. The van der Waals surface area contributed by atoms with Gasteiger partial charge in [-0.1, -0.05) is 0 Å². The Bertz CT molecular complexity index is 39.4. The van der Waals surface area contributed by atoms with Crippen LogP contribution in [-0.2, 0) is 24.4 Å². The van der Waals surface area contributed by atoms with E-state index in [1.54, 1.807) is 20.8 Å². The fourth-order valence-electron chi connectivity index (χ4n) is 0. The van der Waals surface area contributed by atoms with Gasteiger partial charge in [0.15, 0.2) is 0 Å². The predicted molar refractivity (Wildman–Crippen MR) is 23.5 cm³/mol. The maximum absolute atomic E-state index is 7.90. The molecule has 0 aliphatic rings. The number of hydrogen-bond acceptors (Lipinski definition) is 2. The first-order valence-corrected chi connectivity index (χ1v) is 1.89. The molecule has 0 saturated carbocycles. The molecular formula is C4H10O2Ru. The van der Waals surface area contributed by atoms with Gasteiger partial charge >= 0.3 is 0 Å². The Labute approximate surface area is 56.6 Å². The largest absolute Gasteiger partial charge is 0.251 e. The average Bonchev–Trinajstić information content (AvgIpc) is 1.35. The van der Waals surface area contributed by atoms with Crippen LogP contribution in [0.15, 0.2) is 0 Å². The molecule has 46 valence electrons. The second-order valence-electron chi connectivity index (χ2n) is 2.20. The van der Waals surface area contributed by atoms with Gasteiger partial charge in [-0.2, -0.15) is 0 Å². The van der Waals surface area contributed by atoms with Gasteiger partial charge in [-0.15, -0.1) is 0 Å². The molecule has 0 aromatic carbocycles. The fourth-order valence-corrected chi connectivity index (χ4v) is 0. The zero-order valence-electron chi connectivity index (χ0n) is 4.71. The number of rotatable bonds is 0. The van der Waals surface area contributed by atoms with Crippen molar-refractivity contribution >= 4 is 0 Å². The summed E-state index contributed by atoms with van der Waals surface area (Å²) >= 11 is 0. The summed E-state index contributed by atoms with van der Waals surface area (Å²) in [5.74, 6) is 0. The van der Waals surface area contributed by atoms with Gasteiger partial charge in [0.1, 0.15) is 0 Å². The summed E-state index contributed by atoms with van der Waals surface area (Å²) in [6, 6.07) is 0. The van der Waals surface area contributed by atoms with E-state index in [4.69, 9.17) is 5.26 Å². The molecule has 0 fully saturated rings. The Morgan fingerprint density at radius 1 is 1.29 bits per heavy atom. The summed E-state index contributed by atoms with van der Waals surface area (Å²) in [5.41, 5.74) is -0.403. The molecule has 0 atom stereocenters. The monoisotopic (exact) mass is 192 g/mol. The van der Waals surface area contributed by atoms with E-state index in [1.807, 2.05) is 0 Å². The van der Waals surface area contributed by atoms with E-state index in [9.17, 15) is 0 Å². The van der Waals surface area contributed by atoms with Gasteiger partial charge in [0.25, 0.3) is 0 Å². The van der Waals surface area contributed by atoms with E-state index in [1.165, 1.54) is 0 Å². The average molecular weight is 191 g/mol. The molecule has 3 heteroatoms. The first kappa shape index (κ1) is 10.5. The van der Waals surface area contributed by atoms with Crippen molar-refractivity contribution in [3.8, 4) is 0 Å². The molecule has 0 aliphatic carbocycles. The molecule has 2 nitrogen and oxygen atoms in total. The van der Waals surface area contributed by atoms with Gasteiger partial charge in [0, 0.05) is 19.5 Å². The SMILES string of the molecule is CC(C)(C)OO.[Ru]. The van der Waals surface area contributed by atoms with Gasteiger partial charge in [0.2, 0.25) is 0 Å². The van der Waals surface area contributed by atoms with Gasteiger partial charge in [-0.05, 0) is 20.8 Å². The second kappa shape index (κ2) is 3.53.